The third-order valence-corrected chi connectivity index (χ3v) is 5.70. The van der Waals surface area contributed by atoms with Gasteiger partial charge in [0.05, 0.1) is 17.4 Å². The first-order chi connectivity index (χ1) is 12.1. The lowest BCUT2D eigenvalue weighted by Crippen LogP contribution is -2.27. The quantitative estimate of drug-likeness (QED) is 0.667. The van der Waals surface area contributed by atoms with E-state index in [-0.39, 0.29) is 23.5 Å². The van der Waals surface area contributed by atoms with Crippen LogP contribution in [0, 0.1) is 5.82 Å². The molecule has 2 aromatic heterocycles. The van der Waals surface area contributed by atoms with Crippen LogP contribution in [-0.2, 0) is 11.8 Å². The second kappa shape index (κ2) is 7.79. The second-order valence-corrected chi connectivity index (χ2v) is 7.36. The Kier molecular flexibility index (Phi) is 5.50. The number of nitrogens with one attached hydrogen (secondary N) is 1. The molecule has 3 rings (SSSR count). The number of benzene rings is 1. The van der Waals surface area contributed by atoms with Crippen LogP contribution in [0.25, 0.3) is 11.4 Å². The van der Waals surface area contributed by atoms with E-state index in [1.807, 2.05) is 24.4 Å². The fourth-order valence-corrected chi connectivity index (χ4v) is 3.80. The van der Waals surface area contributed by atoms with Crippen LogP contribution in [0.2, 0.25) is 0 Å². The third kappa shape index (κ3) is 4.08. The molecular weight excluding hydrogens is 359 g/mol. The average Bonchev–Trinajstić information content (AvgIpc) is 3.24. The van der Waals surface area contributed by atoms with Gasteiger partial charge in [0.25, 0.3) is 0 Å². The minimum atomic E-state index is -0.350. The summed E-state index contributed by atoms with van der Waals surface area (Å²) in [5, 5.41) is 13.6. The van der Waals surface area contributed by atoms with Crippen molar-refractivity contribution in [2.24, 2.45) is 7.05 Å². The predicted octanol–water partition coefficient (Wildman–Crippen LogP) is 3.65. The van der Waals surface area contributed by atoms with Crippen LogP contribution in [0.3, 0.4) is 0 Å². The Morgan fingerprint density at radius 3 is 2.84 bits per heavy atom. The van der Waals surface area contributed by atoms with Crippen molar-refractivity contribution >= 4 is 29.0 Å². The summed E-state index contributed by atoms with van der Waals surface area (Å²) >= 11 is 2.88. The summed E-state index contributed by atoms with van der Waals surface area (Å²) < 4.78 is 15.6. The zero-order valence-corrected chi connectivity index (χ0v) is 15.4. The van der Waals surface area contributed by atoms with Crippen molar-refractivity contribution in [3.05, 3.63) is 52.5 Å². The molecule has 1 amide bonds. The molecule has 1 aromatic carbocycles. The van der Waals surface area contributed by atoms with Gasteiger partial charge in [-0.2, -0.15) is 0 Å². The standard InChI is InChI=1S/C17H17FN4OS2/c1-11(14-8-5-9-24-14)19-15(23)10-25-17-21-20-16(22(17)2)12-6-3-4-7-13(12)18/h3-9,11H,10H2,1-2H3,(H,19,23). The molecule has 0 saturated heterocycles. The maximum Gasteiger partial charge on any atom is 0.230 e. The van der Waals surface area contributed by atoms with Gasteiger partial charge in [0.1, 0.15) is 5.82 Å². The van der Waals surface area contributed by atoms with Gasteiger partial charge < -0.3 is 9.88 Å². The molecule has 0 aliphatic rings. The summed E-state index contributed by atoms with van der Waals surface area (Å²) in [6, 6.07) is 10.3. The minimum absolute atomic E-state index is 0.0263. The van der Waals surface area contributed by atoms with Crippen LogP contribution in [0.5, 0.6) is 0 Å². The predicted molar refractivity (Wildman–Crippen MR) is 98.0 cm³/mol. The van der Waals surface area contributed by atoms with E-state index < -0.39 is 0 Å². The summed E-state index contributed by atoms with van der Waals surface area (Å²) in [6.45, 7) is 1.95. The number of carbonyl (C=O) groups excluding carboxylic acids is 1. The van der Waals surface area contributed by atoms with Crippen molar-refractivity contribution in [3.8, 4) is 11.4 Å². The molecule has 0 spiro atoms. The van der Waals surface area contributed by atoms with Crippen molar-refractivity contribution in [2.75, 3.05) is 5.75 Å². The Bertz CT molecular complexity index is 863. The van der Waals surface area contributed by atoms with Gasteiger partial charge in [-0.15, -0.1) is 21.5 Å². The van der Waals surface area contributed by atoms with Gasteiger partial charge in [-0.25, -0.2) is 4.39 Å². The molecule has 1 atom stereocenters. The van der Waals surface area contributed by atoms with Crippen LogP contribution < -0.4 is 5.32 Å². The average molecular weight is 376 g/mol. The second-order valence-electron chi connectivity index (χ2n) is 5.44. The van der Waals surface area contributed by atoms with Crippen LogP contribution in [0.4, 0.5) is 4.39 Å². The topological polar surface area (TPSA) is 59.8 Å². The van der Waals surface area contributed by atoms with Crippen LogP contribution in [0.15, 0.2) is 46.9 Å². The smallest absolute Gasteiger partial charge is 0.230 e. The lowest BCUT2D eigenvalue weighted by atomic mass is 10.2. The fraction of sp³-hybridized carbons (Fsp3) is 0.235. The van der Waals surface area contributed by atoms with E-state index in [0.717, 1.165) is 4.88 Å². The van der Waals surface area contributed by atoms with E-state index in [1.54, 1.807) is 41.2 Å². The number of amides is 1. The van der Waals surface area contributed by atoms with Crippen molar-refractivity contribution < 1.29 is 9.18 Å². The molecule has 0 radical (unpaired) electrons. The molecule has 8 heteroatoms. The van der Waals surface area contributed by atoms with Crippen molar-refractivity contribution in [1.29, 1.82) is 0 Å². The maximum absolute atomic E-state index is 13.9. The lowest BCUT2D eigenvalue weighted by Gasteiger charge is -2.11. The zero-order valence-electron chi connectivity index (χ0n) is 13.8. The normalized spacial score (nSPS) is 12.1. The zero-order chi connectivity index (χ0) is 17.8. The summed E-state index contributed by atoms with van der Waals surface area (Å²) in [4.78, 5) is 13.2. The van der Waals surface area contributed by atoms with E-state index >= 15 is 0 Å². The van der Waals surface area contributed by atoms with E-state index in [4.69, 9.17) is 0 Å². The van der Waals surface area contributed by atoms with E-state index in [0.29, 0.717) is 16.5 Å². The summed E-state index contributed by atoms with van der Waals surface area (Å²) in [7, 11) is 1.76. The lowest BCUT2D eigenvalue weighted by molar-refractivity contribution is -0.119. The number of halogens is 1. The highest BCUT2D eigenvalue weighted by Gasteiger charge is 2.16. The first-order valence-corrected chi connectivity index (χ1v) is 9.52. The molecule has 1 unspecified atom stereocenters. The third-order valence-electron chi connectivity index (χ3n) is 3.63. The van der Waals surface area contributed by atoms with Gasteiger partial charge >= 0.3 is 0 Å². The number of carbonyl (C=O) groups is 1. The number of aromatic nitrogens is 3. The molecular formula is C17H17FN4OS2. The van der Waals surface area contributed by atoms with Crippen LogP contribution in [0.1, 0.15) is 17.8 Å². The summed E-state index contributed by atoms with van der Waals surface area (Å²) in [5.74, 6) is 0.227. The first-order valence-electron chi connectivity index (χ1n) is 7.66. The molecule has 0 aliphatic heterocycles. The molecule has 130 valence electrons. The largest absolute Gasteiger partial charge is 0.348 e. The Morgan fingerprint density at radius 1 is 1.32 bits per heavy atom. The first kappa shape index (κ1) is 17.6. The van der Waals surface area contributed by atoms with E-state index in [9.17, 15) is 9.18 Å². The molecule has 3 aromatic rings. The highest BCUT2D eigenvalue weighted by Crippen LogP contribution is 2.25. The molecule has 2 heterocycles. The minimum Gasteiger partial charge on any atom is -0.348 e. The Hall–Kier alpha value is -2.19. The Balaban J connectivity index is 1.62. The number of thiophene rings is 1. The van der Waals surface area contributed by atoms with Gasteiger partial charge in [0, 0.05) is 11.9 Å². The highest BCUT2D eigenvalue weighted by molar-refractivity contribution is 7.99. The van der Waals surface area contributed by atoms with Gasteiger partial charge in [0.2, 0.25) is 5.91 Å². The molecule has 25 heavy (non-hydrogen) atoms. The van der Waals surface area contributed by atoms with Gasteiger partial charge in [-0.1, -0.05) is 30.0 Å². The molecule has 5 nitrogen and oxygen atoms in total. The molecule has 0 saturated carbocycles. The number of nitrogens with zero attached hydrogens (tertiary/aromatic N) is 3. The molecule has 0 bridgehead atoms. The number of thioether (sulfide) groups is 1. The van der Waals surface area contributed by atoms with Crippen LogP contribution >= 0.6 is 23.1 Å². The monoisotopic (exact) mass is 376 g/mol. The van der Waals surface area contributed by atoms with Gasteiger partial charge in [-0.3, -0.25) is 4.79 Å². The number of hydrogen-bond acceptors (Lipinski definition) is 5. The van der Waals surface area contributed by atoms with E-state index in [2.05, 4.69) is 15.5 Å². The van der Waals surface area contributed by atoms with Crippen LogP contribution in [-0.4, -0.2) is 26.4 Å². The molecule has 1 N–H and O–H groups in total. The Morgan fingerprint density at radius 2 is 2.12 bits per heavy atom. The highest BCUT2D eigenvalue weighted by atomic mass is 32.2. The fourth-order valence-electron chi connectivity index (χ4n) is 2.34. The maximum atomic E-state index is 13.9. The SMILES string of the molecule is CC(NC(=O)CSc1nnc(-c2ccccc2F)n1C)c1cccs1. The summed E-state index contributed by atoms with van der Waals surface area (Å²) in [6.07, 6.45) is 0. The van der Waals surface area contributed by atoms with E-state index in [1.165, 1.54) is 17.8 Å². The van der Waals surface area contributed by atoms with Crippen molar-refractivity contribution in [3.63, 3.8) is 0 Å². The molecule has 0 fully saturated rings. The Labute approximate surface area is 153 Å². The van der Waals surface area contributed by atoms with Gasteiger partial charge in [-0.05, 0) is 30.5 Å². The number of rotatable bonds is 6. The molecule has 0 aliphatic carbocycles. The number of hydrogen-bond donors (Lipinski definition) is 1. The summed E-state index contributed by atoms with van der Waals surface area (Å²) in [5.41, 5.74) is 0.389. The van der Waals surface area contributed by atoms with Crippen molar-refractivity contribution in [2.45, 2.75) is 18.1 Å². The van der Waals surface area contributed by atoms with Gasteiger partial charge in [0.15, 0.2) is 11.0 Å². The van der Waals surface area contributed by atoms with Crippen molar-refractivity contribution in [1.82, 2.24) is 20.1 Å².